The van der Waals surface area contributed by atoms with Gasteiger partial charge in [0.15, 0.2) is 9.84 Å². The molecule has 0 bridgehead atoms. The summed E-state index contributed by atoms with van der Waals surface area (Å²) in [6.45, 7) is 0.340. The zero-order valence-corrected chi connectivity index (χ0v) is 14.4. The van der Waals surface area contributed by atoms with Crippen LogP contribution < -0.4 is 0 Å². The van der Waals surface area contributed by atoms with Crippen molar-refractivity contribution in [2.45, 2.75) is 48.4 Å². The molecule has 128 valence electrons. The maximum absolute atomic E-state index is 13.0. The van der Waals surface area contributed by atoms with E-state index in [0.29, 0.717) is 24.3 Å². The highest BCUT2D eigenvalue weighted by molar-refractivity contribution is 7.92. The van der Waals surface area contributed by atoms with Crippen LogP contribution in [0, 0.1) is 0 Å². The van der Waals surface area contributed by atoms with Gasteiger partial charge in [-0.2, -0.15) is 5.06 Å². The molecule has 1 aliphatic rings. The van der Waals surface area contributed by atoms with Crippen LogP contribution in [0.4, 0.5) is 0 Å². The van der Waals surface area contributed by atoms with Crippen LogP contribution in [0.5, 0.6) is 0 Å². The molecule has 0 heterocycles. The number of hydrogen-bond donors (Lipinski definition) is 1. The van der Waals surface area contributed by atoms with E-state index in [4.69, 9.17) is 0 Å². The maximum Gasteiger partial charge on any atom is 0.182 e. The summed E-state index contributed by atoms with van der Waals surface area (Å²) in [7, 11) is -3.45. The van der Waals surface area contributed by atoms with Crippen molar-refractivity contribution in [3.05, 3.63) is 66.2 Å². The SMILES string of the molecule is O=S(=O)(c1ccccc1)[C@H]1CCCC[C@@H]1N(O)Cc1ccccc1. The lowest BCUT2D eigenvalue weighted by Crippen LogP contribution is -2.47. The molecule has 1 saturated carbocycles. The Morgan fingerprint density at radius 3 is 2.17 bits per heavy atom. The van der Waals surface area contributed by atoms with Gasteiger partial charge in [0.05, 0.1) is 16.2 Å². The topological polar surface area (TPSA) is 57.6 Å². The first-order valence-corrected chi connectivity index (χ1v) is 9.92. The smallest absolute Gasteiger partial charge is 0.182 e. The number of hydrogen-bond acceptors (Lipinski definition) is 4. The molecule has 1 N–H and O–H groups in total. The van der Waals surface area contributed by atoms with Crippen LogP contribution in [0.1, 0.15) is 31.2 Å². The second-order valence-electron chi connectivity index (χ2n) is 6.33. The molecule has 0 spiro atoms. The summed E-state index contributed by atoms with van der Waals surface area (Å²) in [6, 6.07) is 17.8. The Kier molecular flexibility index (Phi) is 5.33. The summed E-state index contributed by atoms with van der Waals surface area (Å²) in [5.41, 5.74) is 0.974. The molecular formula is C19H23NO3S. The van der Waals surface area contributed by atoms with E-state index in [1.165, 1.54) is 5.06 Å². The molecule has 0 saturated heterocycles. The van der Waals surface area contributed by atoms with E-state index in [1.807, 2.05) is 36.4 Å². The summed E-state index contributed by atoms with van der Waals surface area (Å²) in [5.74, 6) is 0. The van der Waals surface area contributed by atoms with E-state index in [0.717, 1.165) is 18.4 Å². The summed E-state index contributed by atoms with van der Waals surface area (Å²) in [4.78, 5) is 0.343. The van der Waals surface area contributed by atoms with Gasteiger partial charge in [-0.1, -0.05) is 61.4 Å². The van der Waals surface area contributed by atoms with Crippen LogP contribution >= 0.6 is 0 Å². The fourth-order valence-electron chi connectivity index (χ4n) is 3.45. The minimum atomic E-state index is -3.45. The van der Waals surface area contributed by atoms with Crippen LogP contribution in [0.15, 0.2) is 65.6 Å². The summed E-state index contributed by atoms with van der Waals surface area (Å²) < 4.78 is 26.0. The van der Waals surface area contributed by atoms with Crippen LogP contribution in [-0.2, 0) is 16.4 Å². The third-order valence-electron chi connectivity index (χ3n) is 4.71. The summed E-state index contributed by atoms with van der Waals surface area (Å²) in [5, 5.41) is 11.2. The van der Waals surface area contributed by atoms with Gasteiger partial charge in [-0.3, -0.25) is 0 Å². The maximum atomic E-state index is 13.0. The van der Waals surface area contributed by atoms with Crippen molar-refractivity contribution in [3.8, 4) is 0 Å². The van der Waals surface area contributed by atoms with Gasteiger partial charge in [0.1, 0.15) is 0 Å². The first-order valence-electron chi connectivity index (χ1n) is 8.37. The van der Waals surface area contributed by atoms with Crippen molar-refractivity contribution in [1.82, 2.24) is 5.06 Å². The second kappa shape index (κ2) is 7.47. The fourth-order valence-corrected chi connectivity index (χ4v) is 5.51. The van der Waals surface area contributed by atoms with E-state index in [9.17, 15) is 13.6 Å². The van der Waals surface area contributed by atoms with Crippen molar-refractivity contribution in [2.24, 2.45) is 0 Å². The molecule has 4 nitrogen and oxygen atoms in total. The largest absolute Gasteiger partial charge is 0.313 e. The Hall–Kier alpha value is -1.69. The van der Waals surface area contributed by atoms with E-state index in [-0.39, 0.29) is 6.04 Å². The van der Waals surface area contributed by atoms with E-state index in [2.05, 4.69) is 0 Å². The van der Waals surface area contributed by atoms with Crippen LogP contribution in [-0.4, -0.2) is 30.0 Å². The third kappa shape index (κ3) is 3.69. The number of sulfone groups is 1. The third-order valence-corrected chi connectivity index (χ3v) is 6.98. The van der Waals surface area contributed by atoms with Crippen LogP contribution in [0.3, 0.4) is 0 Å². The normalized spacial score (nSPS) is 21.8. The molecule has 24 heavy (non-hydrogen) atoms. The van der Waals surface area contributed by atoms with Crippen molar-refractivity contribution in [3.63, 3.8) is 0 Å². The van der Waals surface area contributed by atoms with Crippen molar-refractivity contribution >= 4 is 9.84 Å². The quantitative estimate of drug-likeness (QED) is 0.840. The zero-order valence-electron chi connectivity index (χ0n) is 13.6. The highest BCUT2D eigenvalue weighted by atomic mass is 32.2. The number of hydroxylamine groups is 2. The molecule has 0 amide bonds. The van der Waals surface area contributed by atoms with Crippen molar-refractivity contribution < 1.29 is 13.6 Å². The molecule has 1 fully saturated rings. The zero-order chi connectivity index (χ0) is 17.0. The number of rotatable bonds is 5. The molecule has 0 unspecified atom stereocenters. The monoisotopic (exact) mass is 345 g/mol. The van der Waals surface area contributed by atoms with E-state index >= 15 is 0 Å². The Morgan fingerprint density at radius 1 is 0.917 bits per heavy atom. The Labute approximate surface area is 143 Å². The molecule has 2 atom stereocenters. The predicted octanol–water partition coefficient (Wildman–Crippen LogP) is 3.66. The first-order chi connectivity index (χ1) is 11.6. The summed E-state index contributed by atoms with van der Waals surface area (Å²) >= 11 is 0. The molecule has 5 heteroatoms. The average molecular weight is 345 g/mol. The predicted molar refractivity (Wildman–Crippen MR) is 93.4 cm³/mol. The lowest BCUT2D eigenvalue weighted by molar-refractivity contribution is -0.141. The summed E-state index contributed by atoms with van der Waals surface area (Å²) in [6.07, 6.45) is 3.11. The molecule has 2 aromatic rings. The Bertz CT molecular complexity index is 747. The molecule has 0 radical (unpaired) electrons. The Balaban J connectivity index is 1.83. The average Bonchev–Trinajstić information content (AvgIpc) is 2.63. The van der Waals surface area contributed by atoms with Gasteiger partial charge in [0.25, 0.3) is 0 Å². The van der Waals surface area contributed by atoms with E-state index in [1.54, 1.807) is 24.3 Å². The highest BCUT2D eigenvalue weighted by Crippen LogP contribution is 2.32. The molecule has 0 aliphatic heterocycles. The van der Waals surface area contributed by atoms with Gasteiger partial charge >= 0.3 is 0 Å². The van der Waals surface area contributed by atoms with E-state index < -0.39 is 15.1 Å². The molecular weight excluding hydrogens is 322 g/mol. The van der Waals surface area contributed by atoms with Crippen LogP contribution in [0.2, 0.25) is 0 Å². The second-order valence-corrected chi connectivity index (χ2v) is 8.50. The minimum Gasteiger partial charge on any atom is -0.313 e. The molecule has 2 aromatic carbocycles. The molecule has 1 aliphatic carbocycles. The van der Waals surface area contributed by atoms with Gasteiger partial charge in [0.2, 0.25) is 0 Å². The highest BCUT2D eigenvalue weighted by Gasteiger charge is 2.39. The number of benzene rings is 2. The molecule has 3 rings (SSSR count). The van der Waals surface area contributed by atoms with Gasteiger partial charge < -0.3 is 5.21 Å². The van der Waals surface area contributed by atoms with Crippen molar-refractivity contribution in [2.75, 3.05) is 0 Å². The van der Waals surface area contributed by atoms with Crippen LogP contribution in [0.25, 0.3) is 0 Å². The van der Waals surface area contributed by atoms with Crippen molar-refractivity contribution in [1.29, 1.82) is 0 Å². The van der Waals surface area contributed by atoms with Gasteiger partial charge in [-0.15, -0.1) is 0 Å². The standard InChI is InChI=1S/C19H23NO3S/c21-20(15-16-9-3-1-4-10-16)18-13-7-8-14-19(18)24(22,23)17-11-5-2-6-12-17/h1-6,9-12,18-19,21H,7-8,13-15H2/t18-,19-/m0/s1. The van der Waals surface area contributed by atoms with Gasteiger partial charge in [-0.25, -0.2) is 8.42 Å². The minimum absolute atomic E-state index is 0.340. The first kappa shape index (κ1) is 17.1. The number of nitrogens with zero attached hydrogens (tertiary/aromatic N) is 1. The lowest BCUT2D eigenvalue weighted by atomic mass is 9.94. The fraction of sp³-hybridized carbons (Fsp3) is 0.368. The lowest BCUT2D eigenvalue weighted by Gasteiger charge is -2.36. The molecule has 0 aromatic heterocycles. The van der Waals surface area contributed by atoms with Gasteiger partial charge in [0, 0.05) is 6.54 Å². The Morgan fingerprint density at radius 2 is 1.50 bits per heavy atom. The van der Waals surface area contributed by atoms with Gasteiger partial charge in [-0.05, 0) is 30.5 Å².